The molecule has 1 N–H and O–H groups in total. The first-order valence-corrected chi connectivity index (χ1v) is 9.63. The van der Waals surface area contributed by atoms with Crippen molar-refractivity contribution in [2.75, 3.05) is 45.9 Å². The number of ether oxygens (including phenoxy) is 1. The zero-order valence-electron chi connectivity index (χ0n) is 15.0. The number of carbonyl (C=O) groups excluding carboxylic acids is 1. The molecule has 136 valence electrons. The number of nitrogens with one attached hydrogen (secondary N) is 1. The van der Waals surface area contributed by atoms with E-state index >= 15 is 0 Å². The Balaban J connectivity index is 1.22. The summed E-state index contributed by atoms with van der Waals surface area (Å²) in [5.74, 6) is 0.0239. The van der Waals surface area contributed by atoms with Crippen molar-refractivity contribution >= 4 is 5.91 Å². The minimum absolute atomic E-state index is 0.0239. The lowest BCUT2D eigenvalue weighted by Gasteiger charge is -2.38. The van der Waals surface area contributed by atoms with Gasteiger partial charge in [-0.05, 0) is 44.3 Å². The summed E-state index contributed by atoms with van der Waals surface area (Å²) < 4.78 is 5.90. The van der Waals surface area contributed by atoms with Crippen molar-refractivity contribution in [3.8, 4) is 0 Å². The molecule has 3 aliphatic heterocycles. The Morgan fingerprint density at radius 3 is 2.68 bits per heavy atom. The highest BCUT2D eigenvalue weighted by molar-refractivity contribution is 5.78. The van der Waals surface area contributed by atoms with Crippen LogP contribution in [0.2, 0.25) is 0 Å². The Kier molecular flexibility index (Phi) is 5.06. The molecule has 5 heteroatoms. The fraction of sp³-hybridized carbons (Fsp3) is 0.650. The summed E-state index contributed by atoms with van der Waals surface area (Å²) in [4.78, 5) is 16.5. The number of carbonyl (C=O) groups is 1. The highest BCUT2D eigenvalue weighted by atomic mass is 16.5. The first kappa shape index (κ1) is 17.0. The minimum atomic E-state index is -0.127. The van der Waals surface area contributed by atoms with Gasteiger partial charge in [0.25, 0.3) is 0 Å². The van der Waals surface area contributed by atoms with Gasteiger partial charge in [0.15, 0.2) is 0 Å². The molecule has 0 saturated carbocycles. The second-order valence-corrected chi connectivity index (χ2v) is 7.78. The first-order chi connectivity index (χ1) is 12.2. The summed E-state index contributed by atoms with van der Waals surface area (Å²) in [5.41, 5.74) is 1.31. The summed E-state index contributed by atoms with van der Waals surface area (Å²) in [6.45, 7) is 6.53. The zero-order chi connectivity index (χ0) is 17.1. The number of hydrogen-bond donors (Lipinski definition) is 1. The topological polar surface area (TPSA) is 44.8 Å². The van der Waals surface area contributed by atoms with Gasteiger partial charge in [-0.15, -0.1) is 0 Å². The van der Waals surface area contributed by atoms with E-state index in [4.69, 9.17) is 4.74 Å². The quantitative estimate of drug-likeness (QED) is 0.895. The molecule has 0 bridgehead atoms. The third kappa shape index (κ3) is 4.05. The van der Waals surface area contributed by atoms with Crippen LogP contribution in [-0.4, -0.2) is 73.2 Å². The second kappa shape index (κ2) is 7.44. The van der Waals surface area contributed by atoms with Crippen molar-refractivity contribution in [2.24, 2.45) is 0 Å². The van der Waals surface area contributed by atoms with Crippen LogP contribution in [-0.2, 0) is 16.0 Å². The molecular formula is C20H29N3O2. The summed E-state index contributed by atoms with van der Waals surface area (Å²) >= 11 is 0. The van der Waals surface area contributed by atoms with Crippen LogP contribution >= 0.6 is 0 Å². The van der Waals surface area contributed by atoms with Gasteiger partial charge < -0.3 is 15.0 Å². The van der Waals surface area contributed by atoms with Gasteiger partial charge in [-0.1, -0.05) is 30.3 Å². The maximum atomic E-state index is 11.3. The number of likely N-dealkylation sites (tertiary alicyclic amines) is 2. The first-order valence-electron chi connectivity index (χ1n) is 9.63. The van der Waals surface area contributed by atoms with Crippen LogP contribution in [0.3, 0.4) is 0 Å². The van der Waals surface area contributed by atoms with Gasteiger partial charge in [-0.3, -0.25) is 9.69 Å². The SMILES string of the molecule is O=C1COC2(CCN(C3CCN(CCc4ccccc4)CC3)C2)CN1. The number of nitrogens with zero attached hydrogens (tertiary/aromatic N) is 2. The van der Waals surface area contributed by atoms with Crippen LogP contribution in [0, 0.1) is 0 Å². The summed E-state index contributed by atoms with van der Waals surface area (Å²) in [7, 11) is 0. The number of rotatable bonds is 4. The molecule has 1 unspecified atom stereocenters. The molecule has 0 aromatic heterocycles. The van der Waals surface area contributed by atoms with E-state index < -0.39 is 0 Å². The second-order valence-electron chi connectivity index (χ2n) is 7.78. The Morgan fingerprint density at radius 1 is 1.16 bits per heavy atom. The molecule has 25 heavy (non-hydrogen) atoms. The Labute approximate surface area is 150 Å². The number of piperidine rings is 1. The van der Waals surface area contributed by atoms with E-state index in [1.54, 1.807) is 0 Å². The van der Waals surface area contributed by atoms with E-state index in [0.717, 1.165) is 32.5 Å². The molecule has 1 spiro atoms. The fourth-order valence-electron chi connectivity index (χ4n) is 4.47. The average molecular weight is 343 g/mol. The summed E-state index contributed by atoms with van der Waals surface area (Å²) in [6.07, 6.45) is 4.68. The number of amides is 1. The van der Waals surface area contributed by atoms with Crippen LogP contribution in [0.1, 0.15) is 24.8 Å². The molecule has 3 fully saturated rings. The summed E-state index contributed by atoms with van der Waals surface area (Å²) in [6, 6.07) is 11.5. The van der Waals surface area contributed by atoms with Crippen molar-refractivity contribution in [1.29, 1.82) is 0 Å². The molecule has 3 heterocycles. The van der Waals surface area contributed by atoms with Gasteiger partial charge in [-0.2, -0.15) is 0 Å². The molecule has 4 rings (SSSR count). The van der Waals surface area contributed by atoms with E-state index in [-0.39, 0.29) is 18.1 Å². The van der Waals surface area contributed by atoms with E-state index in [2.05, 4.69) is 45.4 Å². The maximum Gasteiger partial charge on any atom is 0.246 e. The van der Waals surface area contributed by atoms with Gasteiger partial charge in [0.2, 0.25) is 5.91 Å². The molecule has 1 amide bonds. The van der Waals surface area contributed by atoms with E-state index in [0.29, 0.717) is 12.6 Å². The molecule has 0 aliphatic carbocycles. The van der Waals surface area contributed by atoms with Crippen LogP contribution in [0.15, 0.2) is 30.3 Å². The molecular weight excluding hydrogens is 314 g/mol. The van der Waals surface area contributed by atoms with Crippen LogP contribution < -0.4 is 5.32 Å². The lowest BCUT2D eigenvalue weighted by molar-refractivity contribution is -0.142. The van der Waals surface area contributed by atoms with Crippen molar-refractivity contribution in [2.45, 2.75) is 37.3 Å². The Morgan fingerprint density at radius 2 is 1.96 bits per heavy atom. The molecule has 3 aliphatic rings. The van der Waals surface area contributed by atoms with Gasteiger partial charge in [0.1, 0.15) is 6.61 Å². The number of morpholine rings is 1. The van der Waals surface area contributed by atoms with Gasteiger partial charge in [0.05, 0.1) is 5.60 Å². The smallest absolute Gasteiger partial charge is 0.246 e. The lowest BCUT2D eigenvalue weighted by Crippen LogP contribution is -2.54. The maximum absolute atomic E-state index is 11.3. The number of benzene rings is 1. The molecule has 0 radical (unpaired) electrons. The number of hydrogen-bond acceptors (Lipinski definition) is 4. The van der Waals surface area contributed by atoms with Crippen molar-refractivity contribution < 1.29 is 9.53 Å². The van der Waals surface area contributed by atoms with Gasteiger partial charge >= 0.3 is 0 Å². The van der Waals surface area contributed by atoms with Gasteiger partial charge in [-0.25, -0.2) is 0 Å². The van der Waals surface area contributed by atoms with Crippen LogP contribution in [0.25, 0.3) is 0 Å². The third-order valence-corrected chi connectivity index (χ3v) is 6.10. The monoisotopic (exact) mass is 343 g/mol. The van der Waals surface area contributed by atoms with Crippen LogP contribution in [0.4, 0.5) is 0 Å². The molecule has 1 aromatic rings. The van der Waals surface area contributed by atoms with E-state index in [1.165, 1.54) is 31.5 Å². The standard InChI is InChI=1S/C20H29N3O2/c24-19-14-25-20(15-21-19)9-13-23(16-20)18-7-11-22(12-8-18)10-6-17-4-2-1-3-5-17/h1-5,18H,6-16H2,(H,21,24). The largest absolute Gasteiger partial charge is 0.362 e. The lowest BCUT2D eigenvalue weighted by atomic mass is 10.0. The van der Waals surface area contributed by atoms with E-state index in [9.17, 15) is 4.79 Å². The average Bonchev–Trinajstić information content (AvgIpc) is 3.08. The predicted octanol–water partition coefficient (Wildman–Crippen LogP) is 1.28. The van der Waals surface area contributed by atoms with Crippen molar-refractivity contribution in [1.82, 2.24) is 15.1 Å². The highest BCUT2D eigenvalue weighted by Gasteiger charge is 2.44. The van der Waals surface area contributed by atoms with E-state index in [1.807, 2.05) is 0 Å². The molecule has 3 saturated heterocycles. The van der Waals surface area contributed by atoms with Crippen LogP contribution in [0.5, 0.6) is 0 Å². The van der Waals surface area contributed by atoms with Gasteiger partial charge in [0, 0.05) is 32.2 Å². The molecule has 1 atom stereocenters. The highest BCUT2D eigenvalue weighted by Crippen LogP contribution is 2.30. The predicted molar refractivity (Wildman–Crippen MR) is 97.5 cm³/mol. The Bertz CT molecular complexity index is 574. The Hall–Kier alpha value is -1.43. The minimum Gasteiger partial charge on any atom is -0.362 e. The zero-order valence-corrected chi connectivity index (χ0v) is 15.0. The fourth-order valence-corrected chi connectivity index (χ4v) is 4.47. The summed E-state index contributed by atoms with van der Waals surface area (Å²) in [5, 5.41) is 2.98. The third-order valence-electron chi connectivity index (χ3n) is 6.10. The van der Waals surface area contributed by atoms with Crippen molar-refractivity contribution in [3.63, 3.8) is 0 Å². The van der Waals surface area contributed by atoms with Crippen molar-refractivity contribution in [3.05, 3.63) is 35.9 Å². The molecule has 5 nitrogen and oxygen atoms in total. The molecule has 1 aromatic carbocycles. The normalized spacial score (nSPS) is 29.2.